The third-order valence-electron chi connectivity index (χ3n) is 3.59. The summed E-state index contributed by atoms with van der Waals surface area (Å²) in [6.45, 7) is 2.39. The first-order valence-electron chi connectivity index (χ1n) is 6.62. The van der Waals surface area contributed by atoms with Crippen molar-refractivity contribution in [2.75, 3.05) is 26.5 Å². The lowest BCUT2D eigenvalue weighted by atomic mass is 10.1. The third kappa shape index (κ3) is 3.41. The van der Waals surface area contributed by atoms with E-state index in [0.29, 0.717) is 12.1 Å². The fourth-order valence-corrected chi connectivity index (χ4v) is 2.65. The van der Waals surface area contributed by atoms with E-state index in [-0.39, 0.29) is 23.5 Å². The molecular weight excluding hydrogens is 295 g/mol. The Morgan fingerprint density at radius 3 is 2.86 bits per heavy atom. The molecule has 0 bridgehead atoms. The van der Waals surface area contributed by atoms with Crippen LogP contribution < -0.4 is 10.1 Å². The Hall–Kier alpha value is -1.47. The summed E-state index contributed by atoms with van der Waals surface area (Å²) in [4.78, 5) is 13.6. The standard InChI is InChI=1S/C14H19FN2O3S/c1-9(21(3)19)8-17-13(18)7-16-14(17)10-4-5-12(20-2)11(15)6-10/h4-6,9,14,16H,7-8H2,1-3H3. The number of rotatable bonds is 5. The number of halogens is 1. The monoisotopic (exact) mass is 314 g/mol. The van der Waals surface area contributed by atoms with Crippen molar-refractivity contribution >= 4 is 16.7 Å². The van der Waals surface area contributed by atoms with Crippen LogP contribution in [-0.2, 0) is 15.6 Å². The molecule has 1 fully saturated rings. The lowest BCUT2D eigenvalue weighted by Gasteiger charge is -2.27. The fraction of sp³-hybridized carbons (Fsp3) is 0.500. The van der Waals surface area contributed by atoms with Crippen LogP contribution in [0.15, 0.2) is 18.2 Å². The summed E-state index contributed by atoms with van der Waals surface area (Å²) in [6.07, 6.45) is 1.21. The zero-order valence-corrected chi connectivity index (χ0v) is 13.1. The van der Waals surface area contributed by atoms with E-state index in [1.807, 2.05) is 6.92 Å². The van der Waals surface area contributed by atoms with Gasteiger partial charge >= 0.3 is 0 Å². The van der Waals surface area contributed by atoms with Crippen LogP contribution in [0.3, 0.4) is 0 Å². The summed E-state index contributed by atoms with van der Waals surface area (Å²) >= 11 is 0. The van der Waals surface area contributed by atoms with Crippen LogP contribution in [-0.4, -0.2) is 46.7 Å². The fourth-order valence-electron chi connectivity index (χ4n) is 2.28. The van der Waals surface area contributed by atoms with Gasteiger partial charge in [0.1, 0.15) is 6.17 Å². The highest BCUT2D eigenvalue weighted by Gasteiger charge is 2.33. The molecule has 2 rings (SSSR count). The number of carbonyl (C=O) groups excluding carboxylic acids is 1. The topological polar surface area (TPSA) is 58.6 Å². The molecule has 1 N–H and O–H groups in total. The van der Waals surface area contributed by atoms with Crippen molar-refractivity contribution in [3.05, 3.63) is 29.6 Å². The average molecular weight is 314 g/mol. The average Bonchev–Trinajstić information content (AvgIpc) is 2.80. The summed E-state index contributed by atoms with van der Waals surface area (Å²) in [7, 11) is 0.385. The Balaban J connectivity index is 2.23. The molecule has 1 saturated heterocycles. The molecule has 0 saturated carbocycles. The highest BCUT2D eigenvalue weighted by Crippen LogP contribution is 2.27. The number of hydrogen-bond acceptors (Lipinski definition) is 4. The van der Waals surface area contributed by atoms with Gasteiger partial charge in [-0.05, 0) is 24.6 Å². The number of amides is 1. The van der Waals surface area contributed by atoms with E-state index in [9.17, 15) is 13.4 Å². The van der Waals surface area contributed by atoms with Gasteiger partial charge in [-0.1, -0.05) is 6.07 Å². The molecule has 1 aromatic carbocycles. The summed E-state index contributed by atoms with van der Waals surface area (Å²) in [5, 5.41) is 2.91. The van der Waals surface area contributed by atoms with Crippen LogP contribution in [0, 0.1) is 5.82 Å². The van der Waals surface area contributed by atoms with Gasteiger partial charge in [-0.15, -0.1) is 0 Å². The number of carbonyl (C=O) groups is 1. The van der Waals surface area contributed by atoms with Gasteiger partial charge in [-0.25, -0.2) is 4.39 Å². The first-order chi connectivity index (χ1) is 9.93. The van der Waals surface area contributed by atoms with E-state index in [0.717, 1.165) is 0 Å². The summed E-state index contributed by atoms with van der Waals surface area (Å²) in [6, 6.07) is 4.61. The van der Waals surface area contributed by atoms with Crippen molar-refractivity contribution in [1.29, 1.82) is 0 Å². The molecule has 3 atom stereocenters. The maximum absolute atomic E-state index is 13.8. The van der Waals surface area contributed by atoms with Crippen LogP contribution in [0.4, 0.5) is 4.39 Å². The minimum Gasteiger partial charge on any atom is -0.494 e. The number of nitrogens with one attached hydrogen (secondary N) is 1. The van der Waals surface area contributed by atoms with Gasteiger partial charge in [0.15, 0.2) is 11.6 Å². The normalized spacial score (nSPS) is 21.4. The summed E-state index contributed by atoms with van der Waals surface area (Å²) in [5.41, 5.74) is 0.647. The summed E-state index contributed by atoms with van der Waals surface area (Å²) in [5.74, 6) is -0.380. The van der Waals surface area contributed by atoms with Crippen molar-refractivity contribution in [1.82, 2.24) is 10.2 Å². The molecule has 7 heteroatoms. The van der Waals surface area contributed by atoms with Gasteiger partial charge < -0.3 is 9.64 Å². The highest BCUT2D eigenvalue weighted by molar-refractivity contribution is 7.84. The lowest BCUT2D eigenvalue weighted by molar-refractivity contribution is -0.128. The van der Waals surface area contributed by atoms with Crippen LogP contribution in [0.1, 0.15) is 18.7 Å². The van der Waals surface area contributed by atoms with E-state index >= 15 is 0 Å². The minimum atomic E-state index is -1.02. The van der Waals surface area contributed by atoms with E-state index < -0.39 is 22.8 Å². The first-order valence-corrected chi connectivity index (χ1v) is 8.24. The van der Waals surface area contributed by atoms with Gasteiger partial charge in [0.25, 0.3) is 0 Å². The first kappa shape index (κ1) is 15.9. The van der Waals surface area contributed by atoms with Crippen molar-refractivity contribution in [3.63, 3.8) is 0 Å². The Labute approximate surface area is 125 Å². The molecule has 0 spiro atoms. The maximum atomic E-state index is 13.8. The predicted molar refractivity (Wildman–Crippen MR) is 78.9 cm³/mol. The maximum Gasteiger partial charge on any atom is 0.238 e. The number of methoxy groups -OCH3 is 1. The highest BCUT2D eigenvalue weighted by atomic mass is 32.2. The molecule has 116 valence electrons. The zero-order chi connectivity index (χ0) is 15.6. The van der Waals surface area contributed by atoms with Gasteiger partial charge in [-0.3, -0.25) is 14.3 Å². The van der Waals surface area contributed by atoms with Crippen molar-refractivity contribution in [3.8, 4) is 5.75 Å². The molecule has 1 aromatic rings. The molecule has 21 heavy (non-hydrogen) atoms. The van der Waals surface area contributed by atoms with Crippen molar-refractivity contribution in [2.45, 2.75) is 18.3 Å². The molecule has 0 aromatic heterocycles. The summed E-state index contributed by atoms with van der Waals surface area (Å²) < 4.78 is 30.2. The molecule has 1 aliphatic rings. The second-order valence-corrected chi connectivity index (χ2v) is 6.83. The van der Waals surface area contributed by atoms with E-state index in [1.54, 1.807) is 17.2 Å². The van der Waals surface area contributed by atoms with Crippen LogP contribution >= 0.6 is 0 Å². The number of nitrogens with zero attached hydrogens (tertiary/aromatic N) is 1. The largest absolute Gasteiger partial charge is 0.494 e. The minimum absolute atomic E-state index is 0.0754. The van der Waals surface area contributed by atoms with Gasteiger partial charge in [0.2, 0.25) is 5.91 Å². The van der Waals surface area contributed by atoms with Gasteiger partial charge in [0, 0.05) is 28.9 Å². The van der Waals surface area contributed by atoms with Crippen LogP contribution in [0.2, 0.25) is 0 Å². The van der Waals surface area contributed by atoms with Crippen molar-refractivity contribution in [2.24, 2.45) is 0 Å². The number of benzene rings is 1. The number of ether oxygens (including phenoxy) is 1. The molecule has 1 aliphatic heterocycles. The third-order valence-corrected chi connectivity index (χ3v) is 4.87. The second-order valence-electron chi connectivity index (χ2n) is 5.03. The molecule has 0 radical (unpaired) electrons. The molecule has 3 unspecified atom stereocenters. The van der Waals surface area contributed by atoms with Crippen molar-refractivity contribution < 1.29 is 18.1 Å². The Morgan fingerprint density at radius 1 is 1.57 bits per heavy atom. The van der Waals surface area contributed by atoms with E-state index in [2.05, 4.69) is 5.32 Å². The Morgan fingerprint density at radius 2 is 2.29 bits per heavy atom. The van der Waals surface area contributed by atoms with Gasteiger partial charge in [-0.2, -0.15) is 0 Å². The number of hydrogen-bond donors (Lipinski definition) is 1. The van der Waals surface area contributed by atoms with Crippen LogP contribution in [0.5, 0.6) is 5.75 Å². The van der Waals surface area contributed by atoms with E-state index in [1.165, 1.54) is 19.2 Å². The molecule has 1 heterocycles. The second kappa shape index (κ2) is 6.53. The zero-order valence-electron chi connectivity index (χ0n) is 12.3. The molecule has 1 amide bonds. The Bertz CT molecular complexity index is 567. The molecule has 0 aliphatic carbocycles. The SMILES string of the molecule is COc1ccc(C2NCC(=O)N2CC(C)S(C)=O)cc1F. The quantitative estimate of drug-likeness (QED) is 0.882. The molecular formula is C14H19FN2O3S. The molecule has 5 nitrogen and oxygen atoms in total. The predicted octanol–water partition coefficient (Wildman–Crippen LogP) is 1.03. The van der Waals surface area contributed by atoms with E-state index in [4.69, 9.17) is 4.74 Å². The Kier molecular flexibility index (Phi) is 4.95. The van der Waals surface area contributed by atoms with Gasteiger partial charge in [0.05, 0.1) is 13.7 Å². The smallest absolute Gasteiger partial charge is 0.238 e. The van der Waals surface area contributed by atoms with Crippen LogP contribution in [0.25, 0.3) is 0 Å². The lowest BCUT2D eigenvalue weighted by Crippen LogP contribution is -2.37.